The molecule has 204 valence electrons. The second-order valence-corrected chi connectivity index (χ2v) is 10.7. The summed E-state index contributed by atoms with van der Waals surface area (Å²) < 4.78 is 9.32. The number of aryl methyl sites for hydroxylation is 2. The van der Waals surface area contributed by atoms with Gasteiger partial charge in [0.1, 0.15) is 0 Å². The molecular formula is C29H35N7O3. The van der Waals surface area contributed by atoms with Crippen molar-refractivity contribution in [2.45, 2.75) is 51.3 Å². The fourth-order valence-electron chi connectivity index (χ4n) is 5.77. The minimum Gasteiger partial charge on any atom is -0.393 e. The number of ether oxygens (including phenoxy) is 1. The van der Waals surface area contributed by atoms with E-state index < -0.39 is 0 Å². The highest BCUT2D eigenvalue weighted by Gasteiger charge is 2.27. The van der Waals surface area contributed by atoms with Gasteiger partial charge in [0.25, 0.3) is 5.91 Å². The van der Waals surface area contributed by atoms with E-state index in [1.165, 1.54) is 5.56 Å². The number of morpholine rings is 1. The van der Waals surface area contributed by atoms with Gasteiger partial charge in [-0.2, -0.15) is 5.10 Å². The highest BCUT2D eigenvalue weighted by atomic mass is 16.5. The first kappa shape index (κ1) is 25.7. The molecule has 3 aromatic heterocycles. The van der Waals surface area contributed by atoms with Crippen LogP contribution in [-0.2, 0) is 18.3 Å². The number of aliphatic hydroxyl groups excluding tert-OH is 1. The maximum atomic E-state index is 13.6. The molecule has 2 fully saturated rings. The van der Waals surface area contributed by atoms with E-state index >= 15 is 0 Å². The number of nitrogens with zero attached hydrogens (tertiary/aromatic N) is 6. The summed E-state index contributed by atoms with van der Waals surface area (Å²) in [6.07, 6.45) is 6.59. The summed E-state index contributed by atoms with van der Waals surface area (Å²) in [6.45, 7) is 6.07. The fourth-order valence-corrected chi connectivity index (χ4v) is 5.77. The number of anilines is 1. The predicted molar refractivity (Wildman–Crippen MR) is 148 cm³/mol. The number of imidazole rings is 1. The Balaban J connectivity index is 1.33. The lowest BCUT2D eigenvalue weighted by molar-refractivity contribution is 0.0342. The topological polar surface area (TPSA) is 110 Å². The molecule has 4 heterocycles. The maximum absolute atomic E-state index is 13.6. The molecule has 6 rings (SSSR count). The molecule has 1 aliphatic heterocycles. The lowest BCUT2D eigenvalue weighted by Crippen LogP contribution is -2.35. The van der Waals surface area contributed by atoms with Gasteiger partial charge in [0.2, 0.25) is 5.95 Å². The second kappa shape index (κ2) is 10.9. The maximum Gasteiger partial charge on any atom is 0.258 e. The second-order valence-electron chi connectivity index (χ2n) is 10.7. The Morgan fingerprint density at radius 1 is 1.15 bits per heavy atom. The molecule has 0 spiro atoms. The quantitative estimate of drug-likeness (QED) is 0.392. The van der Waals surface area contributed by atoms with Gasteiger partial charge in [0.15, 0.2) is 0 Å². The van der Waals surface area contributed by atoms with Gasteiger partial charge in [-0.05, 0) is 62.4 Å². The summed E-state index contributed by atoms with van der Waals surface area (Å²) in [5, 5.41) is 17.8. The summed E-state index contributed by atoms with van der Waals surface area (Å²) in [5.41, 5.74) is 5.81. The molecule has 0 radical (unpaired) electrons. The molecule has 10 nitrogen and oxygen atoms in total. The van der Waals surface area contributed by atoms with E-state index in [1.807, 2.05) is 20.2 Å². The first-order valence-corrected chi connectivity index (χ1v) is 13.7. The van der Waals surface area contributed by atoms with E-state index in [1.54, 1.807) is 23.0 Å². The van der Waals surface area contributed by atoms with Crippen LogP contribution in [0.15, 0.2) is 42.7 Å². The molecule has 1 amide bonds. The van der Waals surface area contributed by atoms with Crippen LogP contribution >= 0.6 is 0 Å². The van der Waals surface area contributed by atoms with Crippen molar-refractivity contribution in [3.05, 3.63) is 59.5 Å². The third-order valence-electron chi connectivity index (χ3n) is 7.69. The monoisotopic (exact) mass is 529 g/mol. The molecule has 0 unspecified atom stereocenters. The lowest BCUT2D eigenvalue weighted by atomic mass is 9.92. The smallest absolute Gasteiger partial charge is 0.258 e. The number of benzene rings is 1. The first-order chi connectivity index (χ1) is 18.9. The van der Waals surface area contributed by atoms with E-state index in [0.717, 1.165) is 74.4 Å². The Morgan fingerprint density at radius 2 is 2.00 bits per heavy atom. The van der Waals surface area contributed by atoms with Crippen LogP contribution in [0.4, 0.5) is 5.95 Å². The third-order valence-corrected chi connectivity index (χ3v) is 7.69. The van der Waals surface area contributed by atoms with E-state index in [-0.39, 0.29) is 18.1 Å². The van der Waals surface area contributed by atoms with E-state index in [2.05, 4.69) is 43.1 Å². The van der Waals surface area contributed by atoms with Crippen LogP contribution < -0.4 is 5.32 Å². The Hall–Kier alpha value is -3.60. The number of hydrogen-bond donors (Lipinski definition) is 2. The standard InChI is InChI=1S/C29H35N7O3/c1-19-12-21(14-25(31-19)22-16-30-34(2)18-22)28(38)33-29-32-26-13-20(17-35-8-10-39-11-9-35)6-7-27(26)36(29)23-4-3-5-24(37)15-23/h6-7,12-14,16,18,23-24,37H,3-5,8-11,15,17H2,1-2H3,(H,32,33,38)/t23-,24-/m0/s1. The average Bonchev–Trinajstić information content (AvgIpc) is 3.51. The number of pyridine rings is 1. The van der Waals surface area contributed by atoms with Gasteiger partial charge >= 0.3 is 0 Å². The zero-order valence-corrected chi connectivity index (χ0v) is 22.5. The molecule has 1 aromatic carbocycles. The average molecular weight is 530 g/mol. The van der Waals surface area contributed by atoms with Crippen LogP contribution in [0.1, 0.15) is 53.3 Å². The fraction of sp³-hybridized carbons (Fsp3) is 0.448. The highest BCUT2D eigenvalue weighted by molar-refractivity contribution is 6.04. The van der Waals surface area contributed by atoms with Crippen molar-refractivity contribution in [3.63, 3.8) is 0 Å². The molecule has 4 aromatic rings. The number of carbonyl (C=O) groups is 1. The van der Waals surface area contributed by atoms with Crippen LogP contribution in [0.25, 0.3) is 22.3 Å². The number of aromatic nitrogens is 5. The SMILES string of the molecule is Cc1cc(C(=O)Nc2nc3cc(CN4CCOCC4)ccc3n2[C@H]2CCC[C@H](O)C2)cc(-c2cnn(C)c2)n1. The number of nitrogens with one attached hydrogen (secondary N) is 1. The van der Waals surface area contributed by atoms with Gasteiger partial charge < -0.3 is 14.4 Å². The largest absolute Gasteiger partial charge is 0.393 e. The number of fused-ring (bicyclic) bond motifs is 1. The number of hydrogen-bond acceptors (Lipinski definition) is 7. The lowest BCUT2D eigenvalue weighted by Gasteiger charge is -2.29. The van der Waals surface area contributed by atoms with Crippen LogP contribution in [0.2, 0.25) is 0 Å². The van der Waals surface area contributed by atoms with Gasteiger partial charge in [-0.1, -0.05) is 6.07 Å². The van der Waals surface area contributed by atoms with E-state index in [4.69, 9.17) is 9.72 Å². The summed E-state index contributed by atoms with van der Waals surface area (Å²) in [6, 6.07) is 10.0. The Labute approximate surface area is 227 Å². The number of aliphatic hydroxyl groups is 1. The zero-order chi connectivity index (χ0) is 26.9. The number of carbonyl (C=O) groups excluding carboxylic acids is 1. The first-order valence-electron chi connectivity index (χ1n) is 13.7. The Morgan fingerprint density at radius 3 is 2.77 bits per heavy atom. The highest BCUT2D eigenvalue weighted by Crippen LogP contribution is 2.35. The van der Waals surface area contributed by atoms with Crippen LogP contribution in [0.3, 0.4) is 0 Å². The summed E-state index contributed by atoms with van der Waals surface area (Å²) in [7, 11) is 1.85. The van der Waals surface area contributed by atoms with Crippen molar-refractivity contribution in [2.24, 2.45) is 7.05 Å². The van der Waals surface area contributed by atoms with Gasteiger partial charge in [-0.3, -0.25) is 24.7 Å². The van der Waals surface area contributed by atoms with Crippen molar-refractivity contribution in [1.82, 2.24) is 29.2 Å². The molecule has 39 heavy (non-hydrogen) atoms. The van der Waals surface area contributed by atoms with Crippen molar-refractivity contribution < 1.29 is 14.6 Å². The van der Waals surface area contributed by atoms with Crippen molar-refractivity contribution >= 4 is 22.9 Å². The number of rotatable bonds is 6. The summed E-state index contributed by atoms with van der Waals surface area (Å²) >= 11 is 0. The van der Waals surface area contributed by atoms with Crippen molar-refractivity contribution in [2.75, 3.05) is 31.6 Å². The van der Waals surface area contributed by atoms with Crippen LogP contribution in [-0.4, -0.2) is 72.6 Å². The Kier molecular flexibility index (Phi) is 7.16. The Bertz CT molecular complexity index is 1490. The third kappa shape index (κ3) is 5.59. The molecule has 2 aliphatic rings. The van der Waals surface area contributed by atoms with Crippen LogP contribution in [0.5, 0.6) is 0 Å². The predicted octanol–water partition coefficient (Wildman–Crippen LogP) is 3.70. The van der Waals surface area contributed by atoms with Crippen LogP contribution in [0, 0.1) is 6.92 Å². The molecule has 1 saturated heterocycles. The van der Waals surface area contributed by atoms with Crippen molar-refractivity contribution in [3.8, 4) is 11.3 Å². The van der Waals surface area contributed by atoms with E-state index in [0.29, 0.717) is 23.6 Å². The van der Waals surface area contributed by atoms with Gasteiger partial charge in [0.05, 0.1) is 42.2 Å². The van der Waals surface area contributed by atoms with E-state index in [9.17, 15) is 9.90 Å². The molecule has 1 aliphatic carbocycles. The van der Waals surface area contributed by atoms with Crippen molar-refractivity contribution in [1.29, 1.82) is 0 Å². The normalized spacial score (nSPS) is 20.4. The summed E-state index contributed by atoms with van der Waals surface area (Å²) in [5.74, 6) is 0.266. The molecular weight excluding hydrogens is 494 g/mol. The summed E-state index contributed by atoms with van der Waals surface area (Å²) in [4.78, 5) is 25.5. The minimum absolute atomic E-state index is 0.0595. The minimum atomic E-state index is -0.352. The number of amides is 1. The molecule has 1 saturated carbocycles. The van der Waals surface area contributed by atoms with Gasteiger partial charge in [-0.25, -0.2) is 4.98 Å². The molecule has 2 N–H and O–H groups in total. The zero-order valence-electron chi connectivity index (χ0n) is 22.5. The molecule has 0 bridgehead atoms. The molecule has 2 atom stereocenters. The van der Waals surface area contributed by atoms with Gasteiger partial charge in [0, 0.05) is 55.7 Å². The molecule has 10 heteroatoms. The van der Waals surface area contributed by atoms with Gasteiger partial charge in [-0.15, -0.1) is 0 Å².